The van der Waals surface area contributed by atoms with Gasteiger partial charge >= 0.3 is 0 Å². The van der Waals surface area contributed by atoms with Crippen molar-refractivity contribution in [3.05, 3.63) is 89.0 Å². The van der Waals surface area contributed by atoms with E-state index in [0.29, 0.717) is 19.1 Å². The third-order valence-corrected chi connectivity index (χ3v) is 5.51. The molecule has 0 spiro atoms. The minimum absolute atomic E-state index is 0.125. The number of methoxy groups -OCH3 is 1. The molecule has 162 valence electrons. The lowest BCUT2D eigenvalue weighted by molar-refractivity contribution is 0.256. The number of rotatable bonds is 8. The molecule has 0 aliphatic carbocycles. The Morgan fingerprint density at radius 1 is 0.935 bits per heavy atom. The number of ether oxygens (including phenoxy) is 3. The average molecular weight is 418 g/mol. The molecule has 0 saturated carbocycles. The van der Waals surface area contributed by atoms with Gasteiger partial charge in [0.15, 0.2) is 11.5 Å². The molecule has 1 aliphatic rings. The van der Waals surface area contributed by atoms with Crippen LogP contribution < -0.4 is 19.5 Å². The normalized spacial score (nSPS) is 15.4. The minimum Gasteiger partial charge on any atom is -0.493 e. The molecule has 0 saturated heterocycles. The average Bonchev–Trinajstić information content (AvgIpc) is 2.81. The summed E-state index contributed by atoms with van der Waals surface area (Å²) in [5.74, 6) is 2.95. The third kappa shape index (κ3) is 5.20. The maximum atomic E-state index is 6.04. The summed E-state index contributed by atoms with van der Waals surface area (Å²) in [4.78, 5) is 0. The highest BCUT2D eigenvalue weighted by molar-refractivity contribution is 5.49. The van der Waals surface area contributed by atoms with Crippen molar-refractivity contribution in [1.82, 2.24) is 5.32 Å². The lowest BCUT2D eigenvalue weighted by Gasteiger charge is -2.28. The first kappa shape index (κ1) is 21.3. The predicted molar refractivity (Wildman–Crippen MR) is 124 cm³/mol. The van der Waals surface area contributed by atoms with Gasteiger partial charge in [-0.1, -0.05) is 56.3 Å². The van der Waals surface area contributed by atoms with Gasteiger partial charge in [-0.3, -0.25) is 0 Å². The molecule has 1 heterocycles. The molecule has 4 heteroatoms. The van der Waals surface area contributed by atoms with Crippen molar-refractivity contribution in [2.75, 3.05) is 20.3 Å². The molecule has 3 aromatic rings. The molecule has 3 aromatic carbocycles. The predicted octanol–water partition coefficient (Wildman–Crippen LogP) is 5.54. The van der Waals surface area contributed by atoms with E-state index in [9.17, 15) is 0 Å². The first-order chi connectivity index (χ1) is 15.1. The standard InChI is InChI=1S/C27H31NO3/c1-19(2)17-31-25-12-9-22(16-26(25)29-3)27-24-11-10-23(15-21(24)13-14-28-27)30-18-20-7-5-4-6-8-20/h4-12,15-16,19,27-28H,13-14,17-18H2,1-3H3. The molecular weight excluding hydrogens is 386 g/mol. The Morgan fingerprint density at radius 3 is 2.55 bits per heavy atom. The van der Waals surface area contributed by atoms with Crippen LogP contribution in [0.4, 0.5) is 0 Å². The maximum absolute atomic E-state index is 6.04. The van der Waals surface area contributed by atoms with Crippen LogP contribution in [0.2, 0.25) is 0 Å². The second-order valence-electron chi connectivity index (χ2n) is 8.39. The molecule has 1 unspecified atom stereocenters. The molecule has 31 heavy (non-hydrogen) atoms. The van der Waals surface area contributed by atoms with Crippen molar-refractivity contribution in [3.8, 4) is 17.2 Å². The van der Waals surface area contributed by atoms with Crippen LogP contribution in [0.1, 0.15) is 42.1 Å². The zero-order chi connectivity index (χ0) is 21.6. The second-order valence-corrected chi connectivity index (χ2v) is 8.39. The van der Waals surface area contributed by atoms with Gasteiger partial charge in [0.25, 0.3) is 0 Å². The Labute approximate surface area is 185 Å². The fourth-order valence-electron chi connectivity index (χ4n) is 3.91. The van der Waals surface area contributed by atoms with E-state index in [1.165, 1.54) is 22.3 Å². The summed E-state index contributed by atoms with van der Waals surface area (Å²) in [7, 11) is 1.69. The molecule has 0 aromatic heterocycles. The van der Waals surface area contributed by atoms with Crippen LogP contribution in [0.15, 0.2) is 66.7 Å². The number of hydrogen-bond donors (Lipinski definition) is 1. The minimum atomic E-state index is 0.125. The monoisotopic (exact) mass is 417 g/mol. The van der Waals surface area contributed by atoms with Crippen molar-refractivity contribution < 1.29 is 14.2 Å². The van der Waals surface area contributed by atoms with Gasteiger partial charge in [-0.2, -0.15) is 0 Å². The Hall–Kier alpha value is -2.98. The zero-order valence-electron chi connectivity index (χ0n) is 18.6. The van der Waals surface area contributed by atoms with Gasteiger partial charge in [0.05, 0.1) is 19.8 Å². The summed E-state index contributed by atoms with van der Waals surface area (Å²) in [5, 5.41) is 3.65. The van der Waals surface area contributed by atoms with E-state index < -0.39 is 0 Å². The Kier molecular flexibility index (Phi) is 6.78. The molecule has 0 amide bonds. The fourth-order valence-corrected chi connectivity index (χ4v) is 3.91. The lowest BCUT2D eigenvalue weighted by atomic mass is 9.89. The van der Waals surface area contributed by atoms with E-state index in [-0.39, 0.29) is 6.04 Å². The summed E-state index contributed by atoms with van der Waals surface area (Å²) in [6.07, 6.45) is 0.987. The fraction of sp³-hybridized carbons (Fsp3) is 0.333. The van der Waals surface area contributed by atoms with Gasteiger partial charge in [-0.25, -0.2) is 0 Å². The zero-order valence-corrected chi connectivity index (χ0v) is 18.6. The lowest BCUT2D eigenvalue weighted by Crippen LogP contribution is -2.30. The van der Waals surface area contributed by atoms with Crippen molar-refractivity contribution in [1.29, 1.82) is 0 Å². The molecule has 4 rings (SSSR count). The second kappa shape index (κ2) is 9.88. The first-order valence-electron chi connectivity index (χ1n) is 11.0. The molecule has 0 radical (unpaired) electrons. The number of fused-ring (bicyclic) bond motifs is 1. The Bertz CT molecular complexity index is 1000. The summed E-state index contributed by atoms with van der Waals surface area (Å²) in [6, 6.07) is 23.1. The molecule has 1 atom stereocenters. The van der Waals surface area contributed by atoms with Gasteiger partial charge in [-0.15, -0.1) is 0 Å². The highest BCUT2D eigenvalue weighted by Crippen LogP contribution is 2.36. The van der Waals surface area contributed by atoms with Gasteiger partial charge in [0, 0.05) is 6.54 Å². The highest BCUT2D eigenvalue weighted by Gasteiger charge is 2.23. The summed E-state index contributed by atoms with van der Waals surface area (Å²) >= 11 is 0. The SMILES string of the molecule is COc1cc(C2NCCc3cc(OCc4ccccc4)ccc32)ccc1OCC(C)C. The van der Waals surface area contributed by atoms with Crippen LogP contribution in [0.5, 0.6) is 17.2 Å². The van der Waals surface area contributed by atoms with Crippen LogP contribution in [0, 0.1) is 5.92 Å². The smallest absolute Gasteiger partial charge is 0.161 e. The topological polar surface area (TPSA) is 39.7 Å². The molecule has 1 N–H and O–H groups in total. The van der Waals surface area contributed by atoms with E-state index in [2.05, 4.69) is 61.6 Å². The highest BCUT2D eigenvalue weighted by atomic mass is 16.5. The number of hydrogen-bond acceptors (Lipinski definition) is 4. The number of benzene rings is 3. The molecule has 0 bridgehead atoms. The van der Waals surface area contributed by atoms with E-state index >= 15 is 0 Å². The van der Waals surface area contributed by atoms with Crippen molar-refractivity contribution >= 4 is 0 Å². The Morgan fingerprint density at radius 2 is 1.77 bits per heavy atom. The van der Waals surface area contributed by atoms with Crippen molar-refractivity contribution in [2.24, 2.45) is 5.92 Å². The molecule has 1 aliphatic heterocycles. The van der Waals surface area contributed by atoms with Crippen LogP contribution in [0.25, 0.3) is 0 Å². The summed E-state index contributed by atoms with van der Waals surface area (Å²) < 4.78 is 17.6. The van der Waals surface area contributed by atoms with Crippen molar-refractivity contribution in [2.45, 2.75) is 32.9 Å². The van der Waals surface area contributed by atoms with E-state index in [1.54, 1.807) is 7.11 Å². The molecular formula is C27H31NO3. The molecule has 4 nitrogen and oxygen atoms in total. The van der Waals surface area contributed by atoms with Crippen LogP contribution in [0.3, 0.4) is 0 Å². The Balaban J connectivity index is 1.52. The van der Waals surface area contributed by atoms with E-state index in [1.807, 2.05) is 24.3 Å². The first-order valence-corrected chi connectivity index (χ1v) is 11.0. The quantitative estimate of drug-likeness (QED) is 0.522. The van der Waals surface area contributed by atoms with Crippen LogP contribution in [-0.2, 0) is 13.0 Å². The van der Waals surface area contributed by atoms with Gasteiger partial charge < -0.3 is 19.5 Å². The van der Waals surface area contributed by atoms with Gasteiger partial charge in [0.1, 0.15) is 12.4 Å². The number of nitrogens with one attached hydrogen (secondary N) is 1. The van der Waals surface area contributed by atoms with Crippen molar-refractivity contribution in [3.63, 3.8) is 0 Å². The summed E-state index contributed by atoms with van der Waals surface area (Å²) in [6.45, 7) is 6.46. The third-order valence-electron chi connectivity index (χ3n) is 5.51. The largest absolute Gasteiger partial charge is 0.493 e. The van der Waals surface area contributed by atoms with Gasteiger partial charge in [0.2, 0.25) is 0 Å². The van der Waals surface area contributed by atoms with E-state index in [0.717, 1.165) is 30.2 Å². The van der Waals surface area contributed by atoms with Gasteiger partial charge in [-0.05, 0) is 58.9 Å². The van der Waals surface area contributed by atoms with Crippen LogP contribution >= 0.6 is 0 Å². The van der Waals surface area contributed by atoms with E-state index in [4.69, 9.17) is 14.2 Å². The maximum Gasteiger partial charge on any atom is 0.161 e. The summed E-state index contributed by atoms with van der Waals surface area (Å²) in [5.41, 5.74) is 4.96. The molecule has 0 fully saturated rings. The van der Waals surface area contributed by atoms with Crippen LogP contribution in [-0.4, -0.2) is 20.3 Å².